The molecule has 96 valence electrons. The zero-order valence-electron chi connectivity index (χ0n) is 9.89. The lowest BCUT2D eigenvalue weighted by Crippen LogP contribution is -2.27. The zero-order valence-corrected chi connectivity index (χ0v) is 10.7. The number of hydrogen-bond acceptors (Lipinski definition) is 5. The molecule has 0 aromatic rings. The summed E-state index contributed by atoms with van der Waals surface area (Å²) in [6.45, 7) is 3.00. The second-order valence-corrected chi connectivity index (χ2v) is 6.21. The van der Waals surface area contributed by atoms with E-state index in [9.17, 15) is 8.42 Å². The van der Waals surface area contributed by atoms with Gasteiger partial charge >= 0.3 is 0 Å². The Hall–Kier alpha value is -0.820. The van der Waals surface area contributed by atoms with Crippen molar-refractivity contribution in [3.8, 4) is 0 Å². The Morgan fingerprint density at radius 3 is 2.56 bits per heavy atom. The molecule has 0 aliphatic heterocycles. The lowest BCUT2D eigenvalue weighted by molar-refractivity contribution is 0.311. The van der Waals surface area contributed by atoms with Gasteiger partial charge < -0.3 is 15.8 Å². The minimum absolute atomic E-state index is 0.188. The maximum atomic E-state index is 11.2. The molecule has 0 aliphatic carbocycles. The molecule has 0 aromatic heterocycles. The van der Waals surface area contributed by atoms with Gasteiger partial charge in [-0.2, -0.15) is 0 Å². The number of sulfone groups is 1. The largest absolute Gasteiger partial charge is 0.409 e. The first kappa shape index (κ1) is 15.2. The van der Waals surface area contributed by atoms with Crippen LogP contribution in [-0.2, 0) is 9.84 Å². The van der Waals surface area contributed by atoms with Crippen LogP contribution in [0.2, 0.25) is 0 Å². The third-order valence-electron chi connectivity index (χ3n) is 2.31. The molecule has 0 aromatic carbocycles. The fourth-order valence-electron chi connectivity index (χ4n) is 1.17. The van der Waals surface area contributed by atoms with Gasteiger partial charge in [-0.3, -0.25) is 0 Å². The van der Waals surface area contributed by atoms with Crippen LogP contribution in [0, 0.1) is 0 Å². The average Bonchev–Trinajstić information content (AvgIpc) is 2.25. The summed E-state index contributed by atoms with van der Waals surface area (Å²) in [5.74, 6) is 0.603. The van der Waals surface area contributed by atoms with Crippen LogP contribution in [0.5, 0.6) is 0 Å². The first-order chi connectivity index (χ1) is 7.41. The van der Waals surface area contributed by atoms with E-state index in [1.807, 2.05) is 11.9 Å². The van der Waals surface area contributed by atoms with Crippen LogP contribution in [0.4, 0.5) is 0 Å². The molecule has 3 N–H and O–H groups in total. The standard InChI is InChI=1S/C9H21N3O3S/c1-3-16(14,15)8-4-6-12(2)7-5-9(10)11-13/h13H,3-8H2,1-2H3,(H2,10,11). The van der Waals surface area contributed by atoms with Crippen LogP contribution in [0.1, 0.15) is 19.8 Å². The van der Waals surface area contributed by atoms with Crippen molar-refractivity contribution < 1.29 is 13.6 Å². The highest BCUT2D eigenvalue weighted by atomic mass is 32.2. The molecule has 0 radical (unpaired) electrons. The minimum Gasteiger partial charge on any atom is -0.409 e. The Bertz CT molecular complexity index is 314. The number of rotatable bonds is 8. The van der Waals surface area contributed by atoms with E-state index in [0.29, 0.717) is 25.9 Å². The van der Waals surface area contributed by atoms with Crippen molar-refractivity contribution >= 4 is 15.7 Å². The minimum atomic E-state index is -2.87. The number of nitrogens with zero attached hydrogens (tertiary/aromatic N) is 2. The monoisotopic (exact) mass is 251 g/mol. The van der Waals surface area contributed by atoms with E-state index in [2.05, 4.69) is 5.16 Å². The van der Waals surface area contributed by atoms with E-state index in [1.54, 1.807) is 6.92 Å². The quantitative estimate of drug-likeness (QED) is 0.271. The second kappa shape index (κ2) is 7.45. The van der Waals surface area contributed by atoms with Crippen LogP contribution in [0.3, 0.4) is 0 Å². The summed E-state index contributed by atoms with van der Waals surface area (Å²) < 4.78 is 22.4. The number of hydrogen-bond donors (Lipinski definition) is 2. The number of amidine groups is 1. The molecule has 0 fully saturated rings. The molecule has 0 saturated carbocycles. The van der Waals surface area contributed by atoms with Gasteiger partial charge in [0.1, 0.15) is 15.7 Å². The molecule has 0 amide bonds. The highest BCUT2D eigenvalue weighted by Crippen LogP contribution is 1.96. The Morgan fingerprint density at radius 2 is 2.06 bits per heavy atom. The highest BCUT2D eigenvalue weighted by Gasteiger charge is 2.08. The van der Waals surface area contributed by atoms with E-state index in [0.717, 1.165) is 0 Å². The zero-order chi connectivity index (χ0) is 12.6. The molecule has 0 unspecified atom stereocenters. The van der Waals surface area contributed by atoms with Crippen molar-refractivity contribution in [2.24, 2.45) is 10.9 Å². The van der Waals surface area contributed by atoms with Gasteiger partial charge in [0.15, 0.2) is 0 Å². The summed E-state index contributed by atoms with van der Waals surface area (Å²) in [5, 5.41) is 11.2. The highest BCUT2D eigenvalue weighted by molar-refractivity contribution is 7.91. The van der Waals surface area contributed by atoms with Crippen LogP contribution in [-0.4, -0.2) is 56.0 Å². The van der Waals surface area contributed by atoms with E-state index in [-0.39, 0.29) is 17.3 Å². The Balaban J connectivity index is 3.70. The second-order valence-electron chi connectivity index (χ2n) is 3.73. The molecule has 0 heterocycles. The number of nitrogens with two attached hydrogens (primary N) is 1. The van der Waals surface area contributed by atoms with E-state index in [4.69, 9.17) is 10.9 Å². The molecule has 16 heavy (non-hydrogen) atoms. The fourth-order valence-corrected chi connectivity index (χ4v) is 2.02. The van der Waals surface area contributed by atoms with E-state index >= 15 is 0 Å². The predicted molar refractivity (Wildman–Crippen MR) is 64.5 cm³/mol. The van der Waals surface area contributed by atoms with Crippen LogP contribution in [0.15, 0.2) is 5.16 Å². The summed E-state index contributed by atoms with van der Waals surface area (Å²) in [4.78, 5) is 1.96. The van der Waals surface area contributed by atoms with Crippen molar-refractivity contribution in [3.05, 3.63) is 0 Å². The maximum Gasteiger partial charge on any atom is 0.150 e. The molecule has 0 spiro atoms. The molecular formula is C9H21N3O3S. The van der Waals surface area contributed by atoms with Crippen molar-refractivity contribution in [2.45, 2.75) is 19.8 Å². The summed E-state index contributed by atoms with van der Waals surface area (Å²) >= 11 is 0. The van der Waals surface area contributed by atoms with Gasteiger partial charge in [0.2, 0.25) is 0 Å². The summed E-state index contributed by atoms with van der Waals surface area (Å²) in [6, 6.07) is 0. The molecule has 0 atom stereocenters. The van der Waals surface area contributed by atoms with Crippen LogP contribution in [0.25, 0.3) is 0 Å². The van der Waals surface area contributed by atoms with Crippen LogP contribution < -0.4 is 5.73 Å². The molecule has 6 nitrogen and oxygen atoms in total. The van der Waals surface area contributed by atoms with Crippen molar-refractivity contribution in [1.82, 2.24) is 4.90 Å². The lowest BCUT2D eigenvalue weighted by Gasteiger charge is -2.15. The molecular weight excluding hydrogens is 230 g/mol. The first-order valence-electron chi connectivity index (χ1n) is 5.26. The van der Waals surface area contributed by atoms with Gasteiger partial charge in [0.25, 0.3) is 0 Å². The summed E-state index contributed by atoms with van der Waals surface area (Å²) in [6.07, 6.45) is 1.09. The summed E-state index contributed by atoms with van der Waals surface area (Å²) in [7, 11) is -0.988. The average molecular weight is 251 g/mol. The molecule has 0 bridgehead atoms. The third-order valence-corrected chi connectivity index (χ3v) is 4.10. The number of oxime groups is 1. The Morgan fingerprint density at radius 1 is 1.44 bits per heavy atom. The normalized spacial score (nSPS) is 13.3. The van der Waals surface area contributed by atoms with Gasteiger partial charge in [-0.25, -0.2) is 8.42 Å². The molecule has 0 rings (SSSR count). The lowest BCUT2D eigenvalue weighted by atomic mass is 10.3. The van der Waals surface area contributed by atoms with E-state index < -0.39 is 9.84 Å². The SMILES string of the molecule is CCS(=O)(=O)CCCN(C)CCC(N)=NO. The fraction of sp³-hybridized carbons (Fsp3) is 0.889. The van der Waals surface area contributed by atoms with Crippen molar-refractivity contribution in [3.63, 3.8) is 0 Å². The molecule has 0 aliphatic rings. The van der Waals surface area contributed by atoms with Crippen LogP contribution >= 0.6 is 0 Å². The third kappa shape index (κ3) is 7.47. The molecule has 7 heteroatoms. The summed E-state index contributed by atoms with van der Waals surface area (Å²) in [5.41, 5.74) is 5.32. The van der Waals surface area contributed by atoms with Crippen molar-refractivity contribution in [1.29, 1.82) is 0 Å². The van der Waals surface area contributed by atoms with Gasteiger partial charge in [-0.1, -0.05) is 12.1 Å². The smallest absolute Gasteiger partial charge is 0.150 e. The Kier molecular flexibility index (Phi) is 7.07. The van der Waals surface area contributed by atoms with Gasteiger partial charge in [0.05, 0.1) is 5.75 Å². The van der Waals surface area contributed by atoms with E-state index in [1.165, 1.54) is 0 Å². The topological polar surface area (TPSA) is 96.0 Å². The molecule has 0 saturated heterocycles. The first-order valence-corrected chi connectivity index (χ1v) is 7.08. The van der Waals surface area contributed by atoms with Crippen molar-refractivity contribution in [2.75, 3.05) is 31.6 Å². The van der Waals surface area contributed by atoms with Gasteiger partial charge in [-0.15, -0.1) is 0 Å². The predicted octanol–water partition coefficient (Wildman–Crippen LogP) is -0.120. The Labute approximate surface area is 97.0 Å². The van der Waals surface area contributed by atoms with Gasteiger partial charge in [0, 0.05) is 18.7 Å². The van der Waals surface area contributed by atoms with Gasteiger partial charge in [-0.05, 0) is 20.0 Å². The maximum absolute atomic E-state index is 11.2.